The number of nitrogens with zero attached hydrogens (tertiary/aromatic N) is 2. The van der Waals surface area contributed by atoms with Gasteiger partial charge in [-0.25, -0.2) is 4.79 Å². The van der Waals surface area contributed by atoms with Gasteiger partial charge in [-0.2, -0.15) is 0 Å². The monoisotopic (exact) mass is 374 g/mol. The lowest BCUT2D eigenvalue weighted by atomic mass is 10.2. The number of unbranched alkanes of at least 4 members (excludes halogenated alkanes) is 1. The molecule has 0 aromatic carbocycles. The standard InChI is InChI=1S/C19H26N4O4/c1-4-5-10-22(15(24)9-8-14-7-6-11-27-14)16-17(20)23(12-13(2)3)19(26)21-18(16)25/h6-9,11,13H,4-5,10,12,20H2,1-3H3,(H,21,25,26)/b9-8+. The zero-order valence-corrected chi connectivity index (χ0v) is 15.9. The summed E-state index contributed by atoms with van der Waals surface area (Å²) in [5.74, 6) is 0.243. The zero-order valence-electron chi connectivity index (χ0n) is 15.9. The molecule has 27 heavy (non-hydrogen) atoms. The number of furan rings is 1. The molecular weight excluding hydrogens is 348 g/mol. The van der Waals surface area contributed by atoms with Crippen LogP contribution in [0, 0.1) is 5.92 Å². The van der Waals surface area contributed by atoms with Gasteiger partial charge in [0.05, 0.1) is 6.26 Å². The number of aromatic nitrogens is 2. The number of amides is 1. The van der Waals surface area contributed by atoms with Gasteiger partial charge in [0, 0.05) is 19.2 Å². The molecule has 0 bridgehead atoms. The smallest absolute Gasteiger partial charge is 0.330 e. The molecule has 0 saturated heterocycles. The Bertz CT molecular complexity index is 907. The van der Waals surface area contributed by atoms with Gasteiger partial charge in [-0.05, 0) is 30.5 Å². The summed E-state index contributed by atoms with van der Waals surface area (Å²) in [7, 11) is 0. The summed E-state index contributed by atoms with van der Waals surface area (Å²) in [5.41, 5.74) is 4.89. The molecule has 2 heterocycles. The highest BCUT2D eigenvalue weighted by molar-refractivity contribution is 6.04. The van der Waals surface area contributed by atoms with Crippen molar-refractivity contribution in [3.05, 3.63) is 51.1 Å². The molecule has 0 atom stereocenters. The van der Waals surface area contributed by atoms with Crippen molar-refractivity contribution in [3.8, 4) is 0 Å². The van der Waals surface area contributed by atoms with E-state index < -0.39 is 17.2 Å². The summed E-state index contributed by atoms with van der Waals surface area (Å²) in [4.78, 5) is 40.9. The molecule has 3 N–H and O–H groups in total. The molecule has 1 amide bonds. The van der Waals surface area contributed by atoms with Gasteiger partial charge in [-0.1, -0.05) is 27.2 Å². The maximum absolute atomic E-state index is 12.8. The van der Waals surface area contributed by atoms with E-state index in [4.69, 9.17) is 10.2 Å². The highest BCUT2D eigenvalue weighted by Crippen LogP contribution is 2.19. The fourth-order valence-electron chi connectivity index (χ4n) is 2.66. The number of hydrogen-bond donors (Lipinski definition) is 2. The van der Waals surface area contributed by atoms with E-state index in [1.807, 2.05) is 20.8 Å². The van der Waals surface area contributed by atoms with Crippen molar-refractivity contribution in [3.63, 3.8) is 0 Å². The van der Waals surface area contributed by atoms with Gasteiger partial charge >= 0.3 is 5.69 Å². The van der Waals surface area contributed by atoms with Crippen LogP contribution in [0.2, 0.25) is 0 Å². The largest absolute Gasteiger partial charge is 0.465 e. The van der Waals surface area contributed by atoms with E-state index in [1.165, 1.54) is 27.9 Å². The van der Waals surface area contributed by atoms with Crippen molar-refractivity contribution < 1.29 is 9.21 Å². The maximum Gasteiger partial charge on any atom is 0.330 e. The molecule has 8 heteroatoms. The van der Waals surface area contributed by atoms with Crippen molar-refractivity contribution >= 4 is 23.5 Å². The van der Waals surface area contributed by atoms with E-state index in [0.717, 1.165) is 6.42 Å². The third-order valence-electron chi connectivity index (χ3n) is 3.97. The minimum atomic E-state index is -0.673. The number of nitrogen functional groups attached to an aromatic ring is 1. The minimum absolute atomic E-state index is 0.00204. The fourth-order valence-corrected chi connectivity index (χ4v) is 2.66. The van der Waals surface area contributed by atoms with Gasteiger partial charge in [-0.15, -0.1) is 0 Å². The van der Waals surface area contributed by atoms with Crippen LogP contribution in [0.5, 0.6) is 0 Å². The second-order valence-electron chi connectivity index (χ2n) is 6.69. The Hall–Kier alpha value is -3.03. The first-order valence-electron chi connectivity index (χ1n) is 9.00. The number of nitrogens with two attached hydrogens (primary N) is 1. The van der Waals surface area contributed by atoms with Gasteiger partial charge in [-0.3, -0.25) is 19.1 Å². The van der Waals surface area contributed by atoms with Crippen molar-refractivity contribution in [2.75, 3.05) is 17.2 Å². The molecule has 2 aromatic heterocycles. The number of carbonyl (C=O) groups excluding carboxylic acids is 1. The Morgan fingerprint density at radius 3 is 2.74 bits per heavy atom. The second-order valence-corrected chi connectivity index (χ2v) is 6.69. The van der Waals surface area contributed by atoms with Gasteiger partial charge in [0.25, 0.3) is 11.5 Å². The average Bonchev–Trinajstić information content (AvgIpc) is 3.12. The van der Waals surface area contributed by atoms with Crippen LogP contribution in [-0.2, 0) is 11.3 Å². The molecule has 0 radical (unpaired) electrons. The van der Waals surface area contributed by atoms with E-state index in [0.29, 0.717) is 25.3 Å². The number of nitrogens with one attached hydrogen (secondary N) is 1. The Morgan fingerprint density at radius 1 is 1.41 bits per heavy atom. The van der Waals surface area contributed by atoms with E-state index in [1.54, 1.807) is 12.1 Å². The quantitative estimate of drug-likeness (QED) is 0.688. The summed E-state index contributed by atoms with van der Waals surface area (Å²) >= 11 is 0. The summed E-state index contributed by atoms with van der Waals surface area (Å²) in [5, 5.41) is 0. The van der Waals surface area contributed by atoms with Crippen molar-refractivity contribution in [1.82, 2.24) is 9.55 Å². The van der Waals surface area contributed by atoms with Crippen LogP contribution in [-0.4, -0.2) is 22.0 Å². The maximum atomic E-state index is 12.8. The molecule has 0 aliphatic carbocycles. The molecule has 0 unspecified atom stereocenters. The van der Waals surface area contributed by atoms with Crippen molar-refractivity contribution in [2.45, 2.75) is 40.2 Å². The molecule has 0 aliphatic heterocycles. The molecule has 0 spiro atoms. The Morgan fingerprint density at radius 2 is 2.15 bits per heavy atom. The molecule has 146 valence electrons. The van der Waals surface area contributed by atoms with E-state index in [-0.39, 0.29) is 17.4 Å². The predicted molar refractivity (Wildman–Crippen MR) is 106 cm³/mol. The molecule has 2 aromatic rings. The lowest BCUT2D eigenvalue weighted by Crippen LogP contribution is -2.41. The normalized spacial score (nSPS) is 11.4. The first-order chi connectivity index (χ1) is 12.8. The number of H-pyrrole nitrogens is 1. The topological polar surface area (TPSA) is 114 Å². The predicted octanol–water partition coefficient (Wildman–Crippen LogP) is 2.21. The summed E-state index contributed by atoms with van der Waals surface area (Å²) in [6.07, 6.45) is 5.86. The number of aromatic amines is 1. The van der Waals surface area contributed by atoms with Crippen LogP contribution in [0.1, 0.15) is 39.4 Å². The highest BCUT2D eigenvalue weighted by Gasteiger charge is 2.22. The summed E-state index contributed by atoms with van der Waals surface area (Å²) in [6.45, 7) is 6.50. The Kier molecular flexibility index (Phi) is 6.81. The SMILES string of the molecule is CCCCN(C(=O)/C=C/c1ccco1)c1c(N)n(CC(C)C)c(=O)[nH]c1=O. The molecular formula is C19H26N4O4. The molecule has 0 saturated carbocycles. The number of hydrogen-bond acceptors (Lipinski definition) is 5. The van der Waals surface area contributed by atoms with Gasteiger partial charge in [0.15, 0.2) is 5.69 Å². The van der Waals surface area contributed by atoms with Crippen LogP contribution in [0.4, 0.5) is 11.5 Å². The minimum Gasteiger partial charge on any atom is -0.465 e. The van der Waals surface area contributed by atoms with E-state index >= 15 is 0 Å². The molecule has 0 fully saturated rings. The Balaban J connectivity index is 2.48. The van der Waals surface area contributed by atoms with Crippen molar-refractivity contribution in [1.29, 1.82) is 0 Å². The average molecular weight is 374 g/mol. The molecule has 0 aliphatic rings. The van der Waals surface area contributed by atoms with Gasteiger partial charge in [0.2, 0.25) is 0 Å². The highest BCUT2D eigenvalue weighted by atomic mass is 16.3. The van der Waals surface area contributed by atoms with Crippen molar-refractivity contribution in [2.24, 2.45) is 5.92 Å². The van der Waals surface area contributed by atoms with Crippen LogP contribution in [0.25, 0.3) is 6.08 Å². The molecule has 8 nitrogen and oxygen atoms in total. The zero-order chi connectivity index (χ0) is 20.0. The van der Waals surface area contributed by atoms with Crippen LogP contribution in [0.3, 0.4) is 0 Å². The van der Waals surface area contributed by atoms with Crippen LogP contribution < -0.4 is 21.9 Å². The molecule has 2 rings (SSSR count). The van der Waals surface area contributed by atoms with Gasteiger partial charge < -0.3 is 15.1 Å². The second kappa shape index (κ2) is 9.07. The van der Waals surface area contributed by atoms with E-state index in [9.17, 15) is 14.4 Å². The first-order valence-corrected chi connectivity index (χ1v) is 9.00. The lowest BCUT2D eigenvalue weighted by Gasteiger charge is -2.23. The van der Waals surface area contributed by atoms with Gasteiger partial charge in [0.1, 0.15) is 11.6 Å². The Labute approximate surface area is 157 Å². The number of rotatable bonds is 8. The fraction of sp³-hybridized carbons (Fsp3) is 0.421. The first kappa shape index (κ1) is 20.3. The number of carbonyl (C=O) groups is 1. The van der Waals surface area contributed by atoms with E-state index in [2.05, 4.69) is 4.98 Å². The van der Waals surface area contributed by atoms with Crippen LogP contribution in [0.15, 0.2) is 38.5 Å². The van der Waals surface area contributed by atoms with Crippen LogP contribution >= 0.6 is 0 Å². The lowest BCUT2D eigenvalue weighted by molar-refractivity contribution is -0.114. The third kappa shape index (κ3) is 4.99. The summed E-state index contributed by atoms with van der Waals surface area (Å²) in [6, 6.07) is 3.42. The summed E-state index contributed by atoms with van der Waals surface area (Å²) < 4.78 is 6.48. The third-order valence-corrected chi connectivity index (χ3v) is 3.97. The number of anilines is 2.